The van der Waals surface area contributed by atoms with E-state index >= 15 is 0 Å². The van der Waals surface area contributed by atoms with Crippen molar-refractivity contribution in [1.82, 2.24) is 0 Å². The van der Waals surface area contributed by atoms with Gasteiger partial charge in [-0.3, -0.25) is 4.99 Å². The minimum atomic E-state index is 0.622. The van der Waals surface area contributed by atoms with Gasteiger partial charge in [-0.05, 0) is 30.5 Å². The number of benzene rings is 1. The van der Waals surface area contributed by atoms with Gasteiger partial charge >= 0.3 is 0 Å². The van der Waals surface area contributed by atoms with Gasteiger partial charge < -0.3 is 5.32 Å². The average Bonchev–Trinajstić information content (AvgIpc) is 2.85. The van der Waals surface area contributed by atoms with Crippen LogP contribution in [0.2, 0.25) is 5.02 Å². The number of hydrogen-bond donors (Lipinski definition) is 1. The summed E-state index contributed by atoms with van der Waals surface area (Å²) in [6.45, 7) is 7.49. The van der Waals surface area contributed by atoms with Gasteiger partial charge in [0.05, 0.1) is 6.54 Å². The minimum Gasteiger partial charge on any atom is -0.335 e. The largest absolute Gasteiger partial charge is 0.335 e. The summed E-state index contributed by atoms with van der Waals surface area (Å²) in [6, 6.07) is 5.93. The Labute approximate surface area is 125 Å². The number of thioether (sulfide) groups is 1. The minimum absolute atomic E-state index is 0.622. The van der Waals surface area contributed by atoms with Crippen molar-refractivity contribution in [1.29, 1.82) is 0 Å². The topological polar surface area (TPSA) is 24.4 Å². The number of amidine groups is 1. The number of aliphatic imine (C=N–C) groups is 1. The second-order valence-corrected chi connectivity index (χ2v) is 6.55. The molecule has 0 radical (unpaired) electrons. The molecule has 0 spiro atoms. The van der Waals surface area contributed by atoms with Gasteiger partial charge in [0.2, 0.25) is 0 Å². The first kappa shape index (κ1) is 14.7. The summed E-state index contributed by atoms with van der Waals surface area (Å²) in [5.41, 5.74) is 2.14. The summed E-state index contributed by atoms with van der Waals surface area (Å²) < 4.78 is 0. The molecular formula is C15H21ClN2S. The summed E-state index contributed by atoms with van der Waals surface area (Å²) in [5.74, 6) is 0.758. The summed E-state index contributed by atoms with van der Waals surface area (Å²) in [7, 11) is 0. The normalized spacial score (nSPS) is 18.8. The molecule has 1 unspecified atom stereocenters. The Kier molecular flexibility index (Phi) is 5.17. The maximum atomic E-state index is 6.14. The fraction of sp³-hybridized carbons (Fsp3) is 0.533. The lowest BCUT2D eigenvalue weighted by molar-refractivity contribution is 0.479. The van der Waals surface area contributed by atoms with Crippen molar-refractivity contribution in [3.05, 3.63) is 28.8 Å². The van der Waals surface area contributed by atoms with Crippen LogP contribution in [0.1, 0.15) is 32.3 Å². The van der Waals surface area contributed by atoms with E-state index in [1.54, 1.807) is 0 Å². The molecule has 0 saturated carbocycles. The van der Waals surface area contributed by atoms with Gasteiger partial charge in [0.1, 0.15) is 0 Å². The highest BCUT2D eigenvalue weighted by atomic mass is 35.5. The predicted octanol–water partition coefficient (Wildman–Crippen LogP) is 4.97. The average molecular weight is 297 g/mol. The van der Waals surface area contributed by atoms with Gasteiger partial charge in [-0.2, -0.15) is 0 Å². The van der Waals surface area contributed by atoms with Crippen molar-refractivity contribution in [2.45, 2.75) is 38.9 Å². The molecule has 1 heterocycles. The molecule has 0 amide bonds. The van der Waals surface area contributed by atoms with Crippen LogP contribution in [0.15, 0.2) is 23.2 Å². The zero-order valence-corrected chi connectivity index (χ0v) is 13.3. The number of halogens is 1. The highest BCUT2D eigenvalue weighted by Crippen LogP contribution is 2.32. The molecule has 19 heavy (non-hydrogen) atoms. The molecule has 2 nitrogen and oxygen atoms in total. The van der Waals surface area contributed by atoms with Crippen LogP contribution in [-0.4, -0.2) is 17.0 Å². The Morgan fingerprint density at radius 3 is 2.84 bits per heavy atom. The fourth-order valence-corrected chi connectivity index (χ4v) is 3.88. The van der Waals surface area contributed by atoms with E-state index in [0.29, 0.717) is 5.25 Å². The second kappa shape index (κ2) is 6.67. The van der Waals surface area contributed by atoms with Gasteiger partial charge in [-0.25, -0.2) is 0 Å². The SMILES string of the molecule is CCC(CC)C1CN=C(Nc2cccc(Cl)c2C)S1. The van der Waals surface area contributed by atoms with Crippen LogP contribution in [0.5, 0.6) is 0 Å². The lowest BCUT2D eigenvalue weighted by Gasteiger charge is -2.18. The molecule has 1 aromatic rings. The summed E-state index contributed by atoms with van der Waals surface area (Å²) in [6.07, 6.45) is 2.46. The monoisotopic (exact) mass is 296 g/mol. The van der Waals surface area contributed by atoms with Crippen molar-refractivity contribution >= 4 is 34.2 Å². The fourth-order valence-electron chi connectivity index (χ4n) is 2.38. The van der Waals surface area contributed by atoms with Crippen molar-refractivity contribution in [3.63, 3.8) is 0 Å². The van der Waals surface area contributed by atoms with E-state index in [-0.39, 0.29) is 0 Å². The maximum absolute atomic E-state index is 6.14. The molecule has 104 valence electrons. The van der Waals surface area contributed by atoms with E-state index in [0.717, 1.165) is 33.9 Å². The summed E-state index contributed by atoms with van der Waals surface area (Å²) in [4.78, 5) is 4.63. The lowest BCUT2D eigenvalue weighted by Crippen LogP contribution is -2.17. The predicted molar refractivity (Wildman–Crippen MR) is 87.6 cm³/mol. The van der Waals surface area contributed by atoms with Crippen LogP contribution >= 0.6 is 23.4 Å². The third-order valence-electron chi connectivity index (χ3n) is 3.76. The molecule has 1 atom stereocenters. The molecule has 4 heteroatoms. The lowest BCUT2D eigenvalue weighted by atomic mass is 9.99. The number of nitrogens with one attached hydrogen (secondary N) is 1. The number of hydrogen-bond acceptors (Lipinski definition) is 3. The van der Waals surface area contributed by atoms with Crippen LogP contribution < -0.4 is 5.32 Å². The smallest absolute Gasteiger partial charge is 0.161 e. The van der Waals surface area contributed by atoms with E-state index in [4.69, 9.17) is 11.6 Å². The molecule has 1 N–H and O–H groups in total. The Balaban J connectivity index is 2.00. The van der Waals surface area contributed by atoms with Gasteiger partial charge in [0, 0.05) is 16.0 Å². The molecule has 1 aliphatic rings. The van der Waals surface area contributed by atoms with E-state index in [1.807, 2.05) is 30.8 Å². The van der Waals surface area contributed by atoms with Gasteiger partial charge in [-0.1, -0.05) is 56.1 Å². The Morgan fingerprint density at radius 1 is 1.42 bits per heavy atom. The molecule has 0 saturated heterocycles. The van der Waals surface area contributed by atoms with Crippen molar-refractivity contribution < 1.29 is 0 Å². The van der Waals surface area contributed by atoms with Crippen LogP contribution in [0.25, 0.3) is 0 Å². The van der Waals surface area contributed by atoms with Crippen molar-refractivity contribution in [2.24, 2.45) is 10.9 Å². The summed E-state index contributed by atoms with van der Waals surface area (Å²) >= 11 is 8.01. The molecule has 0 fully saturated rings. The van der Waals surface area contributed by atoms with E-state index in [1.165, 1.54) is 12.8 Å². The third kappa shape index (κ3) is 3.46. The standard InChI is InChI=1S/C15H21ClN2S/c1-4-11(5-2)14-9-17-15(19-14)18-13-8-6-7-12(16)10(13)3/h6-8,11,14H,4-5,9H2,1-3H3,(H,17,18). The molecule has 0 aromatic heterocycles. The van der Waals surface area contributed by atoms with Gasteiger partial charge in [0.25, 0.3) is 0 Å². The van der Waals surface area contributed by atoms with Gasteiger partial charge in [-0.15, -0.1) is 0 Å². The van der Waals surface area contributed by atoms with Crippen molar-refractivity contribution in [2.75, 3.05) is 11.9 Å². The molecular weight excluding hydrogens is 276 g/mol. The van der Waals surface area contributed by atoms with E-state index < -0.39 is 0 Å². The number of rotatable bonds is 4. The Morgan fingerprint density at radius 2 is 2.16 bits per heavy atom. The zero-order valence-electron chi connectivity index (χ0n) is 11.7. The second-order valence-electron chi connectivity index (χ2n) is 4.92. The third-order valence-corrected chi connectivity index (χ3v) is 5.46. The maximum Gasteiger partial charge on any atom is 0.161 e. The molecule has 2 rings (SSSR count). The first-order chi connectivity index (χ1) is 9.15. The van der Waals surface area contributed by atoms with Crippen LogP contribution in [-0.2, 0) is 0 Å². The number of anilines is 1. The van der Waals surface area contributed by atoms with Crippen molar-refractivity contribution in [3.8, 4) is 0 Å². The molecule has 1 aliphatic heterocycles. The Bertz CT molecular complexity index is 469. The van der Waals surface area contributed by atoms with Crippen LogP contribution in [0.4, 0.5) is 5.69 Å². The van der Waals surface area contributed by atoms with Crippen LogP contribution in [0.3, 0.4) is 0 Å². The molecule has 1 aromatic carbocycles. The van der Waals surface area contributed by atoms with E-state index in [2.05, 4.69) is 30.2 Å². The first-order valence-corrected chi connectivity index (χ1v) is 8.14. The number of nitrogens with zero attached hydrogens (tertiary/aromatic N) is 1. The van der Waals surface area contributed by atoms with Gasteiger partial charge in [0.15, 0.2) is 5.17 Å². The highest BCUT2D eigenvalue weighted by molar-refractivity contribution is 8.15. The summed E-state index contributed by atoms with van der Waals surface area (Å²) in [5, 5.41) is 5.86. The van der Waals surface area contributed by atoms with E-state index in [9.17, 15) is 0 Å². The zero-order chi connectivity index (χ0) is 13.8. The Hall–Kier alpha value is -0.670. The quantitative estimate of drug-likeness (QED) is 0.848. The van der Waals surface area contributed by atoms with Crippen LogP contribution in [0, 0.1) is 12.8 Å². The highest BCUT2D eigenvalue weighted by Gasteiger charge is 2.26. The first-order valence-electron chi connectivity index (χ1n) is 6.88. The molecule has 0 bridgehead atoms. The molecule has 0 aliphatic carbocycles.